The number of hydrogen-bond acceptors (Lipinski definition) is 3. The van der Waals surface area contributed by atoms with E-state index >= 15 is 0 Å². The van der Waals surface area contributed by atoms with Crippen LogP contribution in [0.3, 0.4) is 0 Å². The Morgan fingerprint density at radius 1 is 1.64 bits per heavy atom. The van der Waals surface area contributed by atoms with Crippen LogP contribution in [0.15, 0.2) is 10.5 Å². The molecule has 0 aliphatic rings. The average molecular weight is 267 g/mol. The first kappa shape index (κ1) is 11.0. The minimum absolute atomic E-state index is 0.190. The van der Waals surface area contributed by atoms with Crippen LogP contribution in [-0.2, 0) is 0 Å². The SMILES string of the molecule is Cc1cc(C(F)F)c(Br)c([N+](=O)[O-])n1. The molecule has 0 amide bonds. The topological polar surface area (TPSA) is 56.0 Å². The van der Waals surface area contributed by atoms with Gasteiger partial charge in [-0.05, 0) is 31.9 Å². The van der Waals surface area contributed by atoms with Crippen molar-refractivity contribution in [1.29, 1.82) is 0 Å². The van der Waals surface area contributed by atoms with Gasteiger partial charge in [0.2, 0.25) is 0 Å². The van der Waals surface area contributed by atoms with Gasteiger partial charge in [0.05, 0.1) is 0 Å². The van der Waals surface area contributed by atoms with Gasteiger partial charge in [0, 0.05) is 12.5 Å². The van der Waals surface area contributed by atoms with E-state index in [1.54, 1.807) is 0 Å². The number of halogens is 3. The summed E-state index contributed by atoms with van der Waals surface area (Å²) in [6.45, 7) is 1.42. The number of pyridine rings is 1. The summed E-state index contributed by atoms with van der Waals surface area (Å²) < 4.78 is 24.5. The highest BCUT2D eigenvalue weighted by molar-refractivity contribution is 9.10. The molecule has 1 rings (SSSR count). The second kappa shape index (κ2) is 3.95. The van der Waals surface area contributed by atoms with Gasteiger partial charge in [-0.3, -0.25) is 0 Å². The molecule has 4 nitrogen and oxygen atoms in total. The van der Waals surface area contributed by atoms with Crippen LogP contribution in [0.25, 0.3) is 0 Å². The highest BCUT2D eigenvalue weighted by Crippen LogP contribution is 2.33. The third-order valence-electron chi connectivity index (χ3n) is 1.50. The van der Waals surface area contributed by atoms with Crippen molar-refractivity contribution in [3.63, 3.8) is 0 Å². The minimum Gasteiger partial charge on any atom is -0.358 e. The molecule has 1 aromatic rings. The van der Waals surface area contributed by atoms with Gasteiger partial charge in [-0.2, -0.15) is 0 Å². The highest BCUT2D eigenvalue weighted by Gasteiger charge is 2.23. The van der Waals surface area contributed by atoms with Crippen molar-refractivity contribution < 1.29 is 13.7 Å². The van der Waals surface area contributed by atoms with E-state index < -0.39 is 22.7 Å². The van der Waals surface area contributed by atoms with Gasteiger partial charge in [-0.15, -0.1) is 0 Å². The van der Waals surface area contributed by atoms with Crippen LogP contribution < -0.4 is 0 Å². The van der Waals surface area contributed by atoms with Gasteiger partial charge < -0.3 is 10.1 Å². The zero-order valence-electron chi connectivity index (χ0n) is 7.00. The maximum atomic E-state index is 12.4. The Bertz CT molecular complexity index is 384. The van der Waals surface area contributed by atoms with Crippen molar-refractivity contribution in [1.82, 2.24) is 4.98 Å². The summed E-state index contributed by atoms with van der Waals surface area (Å²) in [5, 5.41) is 10.4. The molecule has 0 atom stereocenters. The first-order chi connectivity index (χ1) is 6.43. The molecule has 76 valence electrons. The number of aromatic nitrogens is 1. The lowest BCUT2D eigenvalue weighted by molar-refractivity contribution is -0.390. The monoisotopic (exact) mass is 266 g/mol. The number of alkyl halides is 2. The molecule has 0 saturated carbocycles. The molecule has 1 heterocycles. The van der Waals surface area contributed by atoms with E-state index in [0.717, 1.165) is 6.07 Å². The van der Waals surface area contributed by atoms with Gasteiger partial charge in [0.15, 0.2) is 5.69 Å². The first-order valence-electron chi connectivity index (χ1n) is 3.53. The predicted molar refractivity (Wildman–Crippen MR) is 48.3 cm³/mol. The Hall–Kier alpha value is -1.11. The molecule has 7 heteroatoms. The van der Waals surface area contributed by atoms with E-state index in [1.807, 2.05) is 0 Å². The summed E-state index contributed by atoms with van der Waals surface area (Å²) in [5.74, 6) is -0.583. The summed E-state index contributed by atoms with van der Waals surface area (Å²) in [6, 6.07) is 1.11. The lowest BCUT2D eigenvalue weighted by Crippen LogP contribution is -1.99. The van der Waals surface area contributed by atoms with Crippen molar-refractivity contribution in [2.75, 3.05) is 0 Å². The summed E-state index contributed by atoms with van der Waals surface area (Å²) in [4.78, 5) is 13.2. The van der Waals surface area contributed by atoms with Gasteiger partial charge in [-0.25, -0.2) is 8.78 Å². The van der Waals surface area contributed by atoms with Crippen molar-refractivity contribution >= 4 is 21.7 Å². The smallest absolute Gasteiger partial charge is 0.358 e. The number of hydrogen-bond donors (Lipinski definition) is 0. The van der Waals surface area contributed by atoms with Crippen LogP contribution >= 0.6 is 15.9 Å². The maximum absolute atomic E-state index is 12.4. The van der Waals surface area contributed by atoms with Gasteiger partial charge in [0.25, 0.3) is 6.43 Å². The standard InChI is InChI=1S/C7H5BrF2N2O2/c1-3-2-4(6(9)10)5(8)7(11-3)12(13)14/h2,6H,1H3. The molecule has 0 saturated heterocycles. The minimum atomic E-state index is -2.76. The zero-order valence-corrected chi connectivity index (χ0v) is 8.59. The normalized spacial score (nSPS) is 10.6. The Morgan fingerprint density at radius 2 is 2.21 bits per heavy atom. The molecule has 0 bridgehead atoms. The number of aryl methyl sites for hydroxylation is 1. The highest BCUT2D eigenvalue weighted by atomic mass is 79.9. The molecular weight excluding hydrogens is 262 g/mol. The fraction of sp³-hybridized carbons (Fsp3) is 0.286. The Balaban J connectivity index is 3.40. The Labute approximate surface area is 86.2 Å². The van der Waals surface area contributed by atoms with E-state index in [0.29, 0.717) is 0 Å². The van der Waals surface area contributed by atoms with Crippen molar-refractivity contribution in [2.45, 2.75) is 13.3 Å². The van der Waals surface area contributed by atoms with E-state index in [4.69, 9.17) is 0 Å². The first-order valence-corrected chi connectivity index (χ1v) is 4.32. The number of nitrogens with zero attached hydrogens (tertiary/aromatic N) is 2. The van der Waals surface area contributed by atoms with Crippen LogP contribution in [0.4, 0.5) is 14.6 Å². The predicted octanol–water partition coefficient (Wildman–Crippen LogP) is 3.00. The van der Waals surface area contributed by atoms with Crippen LogP contribution in [0.5, 0.6) is 0 Å². The molecular formula is C7H5BrF2N2O2. The van der Waals surface area contributed by atoms with Gasteiger partial charge in [0.1, 0.15) is 4.47 Å². The molecule has 0 aliphatic heterocycles. The molecule has 0 fully saturated rings. The lowest BCUT2D eigenvalue weighted by atomic mass is 10.2. The number of nitro groups is 1. The van der Waals surface area contributed by atoms with E-state index in [2.05, 4.69) is 20.9 Å². The summed E-state index contributed by atoms with van der Waals surface area (Å²) in [5.41, 5.74) is -0.223. The second-order valence-electron chi connectivity index (χ2n) is 2.55. The molecule has 0 unspecified atom stereocenters. The number of rotatable bonds is 2. The Kier molecular flexibility index (Phi) is 3.10. The van der Waals surface area contributed by atoms with Crippen LogP contribution in [0.2, 0.25) is 0 Å². The largest absolute Gasteiger partial charge is 0.378 e. The molecule has 1 aromatic heterocycles. The third-order valence-corrected chi connectivity index (χ3v) is 2.32. The zero-order chi connectivity index (χ0) is 10.9. The van der Waals surface area contributed by atoms with E-state index in [9.17, 15) is 18.9 Å². The molecule has 0 aromatic carbocycles. The van der Waals surface area contributed by atoms with Crippen LogP contribution in [-0.4, -0.2) is 9.91 Å². The molecule has 0 aliphatic carbocycles. The van der Waals surface area contributed by atoms with Gasteiger partial charge >= 0.3 is 5.82 Å². The summed E-state index contributed by atoms with van der Waals surface area (Å²) >= 11 is 2.73. The fourth-order valence-corrected chi connectivity index (χ4v) is 1.47. The molecule has 14 heavy (non-hydrogen) atoms. The van der Waals surface area contributed by atoms with Crippen LogP contribution in [0, 0.1) is 17.0 Å². The van der Waals surface area contributed by atoms with E-state index in [-0.39, 0.29) is 10.2 Å². The molecule has 0 N–H and O–H groups in total. The van der Waals surface area contributed by atoms with Crippen molar-refractivity contribution in [3.05, 3.63) is 31.9 Å². The second-order valence-corrected chi connectivity index (χ2v) is 3.34. The van der Waals surface area contributed by atoms with Crippen LogP contribution in [0.1, 0.15) is 17.7 Å². The Morgan fingerprint density at radius 3 is 2.64 bits per heavy atom. The molecule has 0 radical (unpaired) electrons. The summed E-state index contributed by atoms with van der Waals surface area (Å²) in [6.07, 6.45) is -2.76. The van der Waals surface area contributed by atoms with Gasteiger partial charge in [-0.1, -0.05) is 0 Å². The third kappa shape index (κ3) is 2.03. The lowest BCUT2D eigenvalue weighted by Gasteiger charge is -2.03. The summed E-state index contributed by atoms with van der Waals surface area (Å²) in [7, 11) is 0. The molecule has 0 spiro atoms. The van der Waals surface area contributed by atoms with Crippen molar-refractivity contribution in [3.8, 4) is 0 Å². The average Bonchev–Trinajstić information content (AvgIpc) is 2.07. The quantitative estimate of drug-likeness (QED) is 0.611. The van der Waals surface area contributed by atoms with Crippen molar-refractivity contribution in [2.24, 2.45) is 0 Å². The maximum Gasteiger partial charge on any atom is 0.378 e. The fourth-order valence-electron chi connectivity index (χ4n) is 0.946. The van der Waals surface area contributed by atoms with E-state index in [1.165, 1.54) is 6.92 Å².